The van der Waals surface area contributed by atoms with Gasteiger partial charge in [-0.1, -0.05) is 6.07 Å². The van der Waals surface area contributed by atoms with E-state index in [-0.39, 0.29) is 40.7 Å². The number of aromatic hydroxyl groups is 1. The first kappa shape index (κ1) is 28.3. The molecule has 2 aromatic carbocycles. The molecule has 10 nitrogen and oxygen atoms in total. The van der Waals surface area contributed by atoms with E-state index in [2.05, 4.69) is 10.3 Å². The number of nitrogens with zero attached hydrogens (tertiary/aromatic N) is 1. The molecular formula is C30H32N2O8. The van der Waals surface area contributed by atoms with Crippen LogP contribution >= 0.6 is 0 Å². The van der Waals surface area contributed by atoms with Crippen LogP contribution in [0.1, 0.15) is 25.0 Å². The maximum atomic E-state index is 13.3. The zero-order chi connectivity index (χ0) is 28.5. The minimum atomic E-state index is -0.671. The summed E-state index contributed by atoms with van der Waals surface area (Å²) in [5.74, 6) is 0.653. The minimum Gasteiger partial charge on any atom is -0.502 e. The van der Waals surface area contributed by atoms with E-state index in [1.54, 1.807) is 37.6 Å². The van der Waals surface area contributed by atoms with Crippen LogP contribution in [-0.2, 0) is 11.2 Å². The van der Waals surface area contributed by atoms with Gasteiger partial charge in [-0.25, -0.2) is 0 Å². The molecule has 4 rings (SSSR count). The third-order valence-electron chi connectivity index (χ3n) is 6.29. The average Bonchev–Trinajstić information content (AvgIpc) is 2.98. The summed E-state index contributed by atoms with van der Waals surface area (Å²) < 4.78 is 28.1. The standard InChI is InChI=1S/C30H32N2O8/c1-36-21-12-10-19(11-13-21)28-27(35)26(34)25-22(18-23(37-2)29(38-3)30(25)40-28)39-17-7-5-9-24(33)32-16-14-20-8-4-6-15-31-20/h4,6,8,10-13,15,18,35H,5,7,9,14,16-17H2,1-3H3,(H,32,33). The molecule has 0 unspecified atom stereocenters. The molecule has 4 aromatic rings. The molecule has 2 N–H and O–H groups in total. The molecule has 0 saturated heterocycles. The molecule has 40 heavy (non-hydrogen) atoms. The highest BCUT2D eigenvalue weighted by Crippen LogP contribution is 2.43. The molecule has 210 valence electrons. The normalized spacial score (nSPS) is 10.8. The van der Waals surface area contributed by atoms with Gasteiger partial charge in [0.2, 0.25) is 22.8 Å². The molecular weight excluding hydrogens is 516 g/mol. The number of hydrogen-bond donors (Lipinski definition) is 2. The fourth-order valence-corrected chi connectivity index (χ4v) is 4.21. The lowest BCUT2D eigenvalue weighted by molar-refractivity contribution is -0.121. The zero-order valence-electron chi connectivity index (χ0n) is 22.7. The van der Waals surface area contributed by atoms with Crippen LogP contribution in [0.2, 0.25) is 0 Å². The number of benzene rings is 2. The van der Waals surface area contributed by atoms with Gasteiger partial charge in [0.25, 0.3) is 0 Å². The quantitative estimate of drug-likeness (QED) is 0.232. The van der Waals surface area contributed by atoms with Crippen molar-refractivity contribution < 1.29 is 33.3 Å². The zero-order valence-corrected chi connectivity index (χ0v) is 22.7. The molecule has 1 amide bonds. The first-order chi connectivity index (χ1) is 19.5. The molecule has 0 aliphatic heterocycles. The first-order valence-corrected chi connectivity index (χ1v) is 12.8. The summed E-state index contributed by atoms with van der Waals surface area (Å²) in [6, 6.07) is 13.9. The first-order valence-electron chi connectivity index (χ1n) is 12.8. The van der Waals surface area contributed by atoms with Crippen LogP contribution in [-0.4, -0.2) is 50.5 Å². The Morgan fingerprint density at radius 3 is 2.48 bits per heavy atom. The summed E-state index contributed by atoms with van der Waals surface area (Å²) in [5, 5.41) is 13.7. The van der Waals surface area contributed by atoms with Crippen molar-refractivity contribution in [1.29, 1.82) is 0 Å². The van der Waals surface area contributed by atoms with Crippen molar-refractivity contribution >= 4 is 16.9 Å². The van der Waals surface area contributed by atoms with Crippen molar-refractivity contribution in [3.05, 3.63) is 70.6 Å². The predicted molar refractivity (Wildman–Crippen MR) is 150 cm³/mol. The molecule has 10 heteroatoms. The van der Waals surface area contributed by atoms with Crippen LogP contribution in [0.5, 0.6) is 28.7 Å². The van der Waals surface area contributed by atoms with E-state index in [0.717, 1.165) is 5.69 Å². The van der Waals surface area contributed by atoms with Crippen molar-refractivity contribution in [3.8, 4) is 40.1 Å². The number of hydrogen-bond acceptors (Lipinski definition) is 9. The van der Waals surface area contributed by atoms with Crippen molar-refractivity contribution in [2.45, 2.75) is 25.7 Å². The van der Waals surface area contributed by atoms with Gasteiger partial charge in [0.15, 0.2) is 17.1 Å². The molecule has 0 saturated carbocycles. The second-order valence-corrected chi connectivity index (χ2v) is 8.88. The fraction of sp³-hybridized carbons (Fsp3) is 0.300. The number of carbonyl (C=O) groups is 1. The maximum absolute atomic E-state index is 13.3. The van der Waals surface area contributed by atoms with Crippen LogP contribution in [0.15, 0.2) is 63.9 Å². The van der Waals surface area contributed by atoms with Crippen molar-refractivity contribution in [2.24, 2.45) is 0 Å². The summed E-state index contributed by atoms with van der Waals surface area (Å²) in [6.07, 6.45) is 3.88. The van der Waals surface area contributed by atoms with Crippen LogP contribution in [0.25, 0.3) is 22.3 Å². The lowest BCUT2D eigenvalue weighted by Crippen LogP contribution is -2.25. The number of unbranched alkanes of at least 4 members (excludes halogenated alkanes) is 1. The van der Waals surface area contributed by atoms with E-state index in [1.165, 1.54) is 20.3 Å². The van der Waals surface area contributed by atoms with E-state index in [4.69, 9.17) is 23.4 Å². The molecule has 0 fully saturated rings. The predicted octanol–water partition coefficient (Wildman–Crippen LogP) is 4.49. The number of methoxy groups -OCH3 is 3. The second-order valence-electron chi connectivity index (χ2n) is 8.88. The van der Waals surface area contributed by atoms with Gasteiger partial charge in [-0.15, -0.1) is 0 Å². The number of carbonyl (C=O) groups excluding carboxylic acids is 1. The fourth-order valence-electron chi connectivity index (χ4n) is 4.21. The third-order valence-corrected chi connectivity index (χ3v) is 6.29. The average molecular weight is 549 g/mol. The molecule has 0 spiro atoms. The smallest absolute Gasteiger partial charge is 0.238 e. The number of ether oxygens (including phenoxy) is 4. The summed E-state index contributed by atoms with van der Waals surface area (Å²) in [5.41, 5.74) is 0.806. The molecule has 2 heterocycles. The Balaban J connectivity index is 1.46. The topological polar surface area (TPSA) is 129 Å². The largest absolute Gasteiger partial charge is 0.502 e. The van der Waals surface area contributed by atoms with E-state index in [1.807, 2.05) is 18.2 Å². The molecule has 0 bridgehead atoms. The molecule has 0 radical (unpaired) electrons. The third kappa shape index (κ3) is 6.45. The number of pyridine rings is 1. The summed E-state index contributed by atoms with van der Waals surface area (Å²) >= 11 is 0. The van der Waals surface area contributed by atoms with Gasteiger partial charge >= 0.3 is 0 Å². The Hall–Kier alpha value is -4.73. The van der Waals surface area contributed by atoms with Crippen LogP contribution in [0.4, 0.5) is 0 Å². The lowest BCUT2D eigenvalue weighted by Gasteiger charge is -2.16. The van der Waals surface area contributed by atoms with Crippen LogP contribution in [0.3, 0.4) is 0 Å². The van der Waals surface area contributed by atoms with Gasteiger partial charge in [0, 0.05) is 42.9 Å². The Kier molecular flexibility index (Phi) is 9.45. The van der Waals surface area contributed by atoms with E-state index in [9.17, 15) is 14.7 Å². The Labute approximate surface area is 231 Å². The van der Waals surface area contributed by atoms with E-state index < -0.39 is 11.2 Å². The number of nitrogens with one attached hydrogen (secondary N) is 1. The minimum absolute atomic E-state index is 0.0216. The highest BCUT2D eigenvalue weighted by atomic mass is 16.5. The Bertz CT molecular complexity index is 1500. The van der Waals surface area contributed by atoms with Gasteiger partial charge in [-0.3, -0.25) is 14.6 Å². The highest BCUT2D eigenvalue weighted by Gasteiger charge is 2.24. The van der Waals surface area contributed by atoms with Crippen molar-refractivity contribution in [1.82, 2.24) is 10.3 Å². The van der Waals surface area contributed by atoms with Gasteiger partial charge in [-0.05, 0) is 49.2 Å². The number of rotatable bonds is 13. The molecule has 0 aliphatic rings. The van der Waals surface area contributed by atoms with Crippen LogP contribution in [0, 0.1) is 0 Å². The summed E-state index contributed by atoms with van der Waals surface area (Å²) in [4.78, 5) is 29.8. The van der Waals surface area contributed by atoms with Gasteiger partial charge in [0.05, 0.1) is 27.9 Å². The van der Waals surface area contributed by atoms with E-state index >= 15 is 0 Å². The second kappa shape index (κ2) is 13.4. The lowest BCUT2D eigenvalue weighted by atomic mass is 10.1. The Morgan fingerprint density at radius 1 is 1.00 bits per heavy atom. The van der Waals surface area contributed by atoms with Gasteiger partial charge in [0.1, 0.15) is 16.9 Å². The van der Waals surface area contributed by atoms with Crippen molar-refractivity contribution in [2.75, 3.05) is 34.5 Å². The maximum Gasteiger partial charge on any atom is 0.238 e. The highest BCUT2D eigenvalue weighted by molar-refractivity contribution is 5.93. The summed E-state index contributed by atoms with van der Waals surface area (Å²) in [7, 11) is 4.43. The molecule has 0 aliphatic carbocycles. The SMILES string of the molecule is COc1ccc(-c2oc3c(OC)c(OC)cc(OCCCCC(=O)NCCc4ccccn4)c3c(=O)c2O)cc1. The number of aromatic nitrogens is 1. The van der Waals surface area contributed by atoms with Crippen molar-refractivity contribution in [3.63, 3.8) is 0 Å². The summed E-state index contributed by atoms with van der Waals surface area (Å²) in [6.45, 7) is 0.744. The number of amides is 1. The monoisotopic (exact) mass is 548 g/mol. The molecule has 2 aromatic heterocycles. The van der Waals surface area contributed by atoms with Gasteiger partial charge in [-0.2, -0.15) is 0 Å². The Morgan fingerprint density at radius 2 is 1.80 bits per heavy atom. The molecule has 0 atom stereocenters. The number of fused-ring (bicyclic) bond motifs is 1. The van der Waals surface area contributed by atoms with Gasteiger partial charge < -0.3 is 33.8 Å². The van der Waals surface area contributed by atoms with E-state index in [0.29, 0.717) is 49.3 Å². The van der Waals surface area contributed by atoms with Crippen LogP contribution < -0.4 is 29.7 Å².